The van der Waals surface area contributed by atoms with E-state index in [0.717, 1.165) is 6.08 Å². The maximum atomic E-state index is 10.7. The third-order valence-electron chi connectivity index (χ3n) is 1.50. The first kappa shape index (κ1) is 10.9. The fraction of sp³-hybridized carbons (Fsp3) is 0.100. The zero-order valence-electron chi connectivity index (χ0n) is 8.06. The van der Waals surface area contributed by atoms with E-state index in [0.29, 0.717) is 11.4 Å². The van der Waals surface area contributed by atoms with Gasteiger partial charge in [-0.05, 0) is 23.8 Å². The number of aliphatic carboxylic acids is 1. The summed E-state index contributed by atoms with van der Waals surface area (Å²) in [5.41, 5.74) is 0.619. The Bertz CT molecular complexity index is 396. The van der Waals surface area contributed by atoms with Crippen LogP contribution in [-0.2, 0) is 9.59 Å². The van der Waals surface area contributed by atoms with Gasteiger partial charge in [-0.15, -0.1) is 0 Å². The van der Waals surface area contributed by atoms with Gasteiger partial charge in [-0.3, -0.25) is 4.79 Å². The Kier molecular flexibility index (Phi) is 3.56. The lowest BCUT2D eigenvalue weighted by Gasteiger charge is -2.00. The Morgan fingerprint density at radius 2 is 2.20 bits per heavy atom. The van der Waals surface area contributed by atoms with E-state index in [4.69, 9.17) is 0 Å². The molecular weight excluding hydrogens is 196 g/mol. The largest absolute Gasteiger partial charge is 0.545 e. The Labute approximate surface area is 86.5 Å². The average molecular weight is 205 g/mol. The van der Waals surface area contributed by atoms with Crippen LogP contribution < -0.4 is 10.4 Å². The summed E-state index contributed by atoms with van der Waals surface area (Å²) in [6.45, 7) is 1.38. The van der Waals surface area contributed by atoms with Gasteiger partial charge in [0.05, 0.1) is 5.97 Å². The predicted octanol–water partition coefficient (Wildman–Crippen LogP) is -0.197. The minimum Gasteiger partial charge on any atom is -0.545 e. The second-order valence-electron chi connectivity index (χ2n) is 2.81. The minimum atomic E-state index is -1.26. The standard InChI is InChI=1S/C10H10N2O3/c1-7(13)12-9-4-2-8(6-11-9)3-5-10(14)15/h2-6H,1H3,(H,14,15)(H,11,12,13)/p-1/b5-3+. The SMILES string of the molecule is CC(=O)Nc1ccc(/C=C/C(=O)[O-])cn1. The number of pyridine rings is 1. The molecule has 0 fully saturated rings. The van der Waals surface area contributed by atoms with Crippen LogP contribution in [0.1, 0.15) is 12.5 Å². The van der Waals surface area contributed by atoms with E-state index >= 15 is 0 Å². The first-order valence-electron chi connectivity index (χ1n) is 4.20. The molecule has 5 heteroatoms. The van der Waals surface area contributed by atoms with Crippen molar-refractivity contribution in [3.63, 3.8) is 0 Å². The number of carboxylic acids is 1. The van der Waals surface area contributed by atoms with Crippen molar-refractivity contribution in [1.29, 1.82) is 0 Å². The molecule has 0 atom stereocenters. The number of hydrogen-bond acceptors (Lipinski definition) is 4. The van der Waals surface area contributed by atoms with E-state index in [2.05, 4.69) is 10.3 Å². The normalized spacial score (nSPS) is 10.2. The van der Waals surface area contributed by atoms with Crippen molar-refractivity contribution < 1.29 is 14.7 Å². The number of carbonyl (C=O) groups is 2. The lowest BCUT2D eigenvalue weighted by atomic mass is 10.2. The molecule has 0 spiro atoms. The van der Waals surface area contributed by atoms with Crippen molar-refractivity contribution in [2.24, 2.45) is 0 Å². The number of aromatic nitrogens is 1. The quantitative estimate of drug-likeness (QED) is 0.693. The van der Waals surface area contributed by atoms with Crippen LogP contribution in [0.15, 0.2) is 24.4 Å². The average Bonchev–Trinajstić information content (AvgIpc) is 2.16. The number of nitrogens with zero attached hydrogens (tertiary/aromatic N) is 1. The third-order valence-corrected chi connectivity index (χ3v) is 1.50. The summed E-state index contributed by atoms with van der Waals surface area (Å²) < 4.78 is 0. The predicted molar refractivity (Wildman–Crippen MR) is 52.6 cm³/mol. The lowest BCUT2D eigenvalue weighted by Crippen LogP contribution is -2.18. The highest BCUT2D eigenvalue weighted by Gasteiger charge is 1.95. The molecular formula is C10H9N2O3-. The monoisotopic (exact) mass is 205 g/mol. The lowest BCUT2D eigenvalue weighted by molar-refractivity contribution is -0.297. The van der Waals surface area contributed by atoms with Gasteiger partial charge in [0.1, 0.15) is 5.82 Å². The van der Waals surface area contributed by atoms with Crippen LogP contribution in [0.5, 0.6) is 0 Å². The fourth-order valence-corrected chi connectivity index (χ4v) is 0.922. The summed E-state index contributed by atoms with van der Waals surface area (Å²) in [6.07, 6.45) is 3.72. The molecule has 0 radical (unpaired) electrons. The number of hydrogen-bond donors (Lipinski definition) is 1. The first-order valence-corrected chi connectivity index (χ1v) is 4.20. The van der Waals surface area contributed by atoms with E-state index in [1.165, 1.54) is 19.2 Å². The molecule has 1 N–H and O–H groups in total. The zero-order chi connectivity index (χ0) is 11.3. The molecule has 0 aliphatic rings. The number of carboxylic acid groups (broad SMARTS) is 1. The maximum absolute atomic E-state index is 10.7. The van der Waals surface area contributed by atoms with Crippen LogP contribution in [0.2, 0.25) is 0 Å². The van der Waals surface area contributed by atoms with Crippen molar-refractivity contribution in [2.45, 2.75) is 6.92 Å². The molecule has 0 unspecified atom stereocenters. The molecule has 1 aromatic rings. The van der Waals surface area contributed by atoms with Crippen LogP contribution in [0, 0.1) is 0 Å². The van der Waals surface area contributed by atoms with Crippen LogP contribution in [-0.4, -0.2) is 16.9 Å². The highest BCUT2D eigenvalue weighted by atomic mass is 16.4. The number of nitrogens with one attached hydrogen (secondary N) is 1. The molecule has 0 saturated carbocycles. The van der Waals surface area contributed by atoms with Gasteiger partial charge in [0.15, 0.2) is 0 Å². The molecule has 0 aliphatic carbocycles. The molecule has 1 rings (SSSR count). The number of amides is 1. The van der Waals surface area contributed by atoms with Gasteiger partial charge in [-0.2, -0.15) is 0 Å². The Morgan fingerprint density at radius 3 is 2.67 bits per heavy atom. The van der Waals surface area contributed by atoms with Gasteiger partial charge in [0.25, 0.3) is 0 Å². The molecule has 1 aromatic heterocycles. The zero-order valence-corrected chi connectivity index (χ0v) is 8.06. The second kappa shape index (κ2) is 4.90. The van der Waals surface area contributed by atoms with Gasteiger partial charge >= 0.3 is 0 Å². The third kappa shape index (κ3) is 4.04. The van der Waals surface area contributed by atoms with Gasteiger partial charge in [0.2, 0.25) is 5.91 Å². The van der Waals surface area contributed by atoms with Crippen LogP contribution in [0.4, 0.5) is 5.82 Å². The fourth-order valence-electron chi connectivity index (χ4n) is 0.922. The van der Waals surface area contributed by atoms with E-state index in [-0.39, 0.29) is 5.91 Å². The van der Waals surface area contributed by atoms with Gasteiger partial charge in [0, 0.05) is 13.1 Å². The second-order valence-corrected chi connectivity index (χ2v) is 2.81. The Hall–Kier alpha value is -2.17. The number of rotatable bonds is 3. The van der Waals surface area contributed by atoms with Gasteiger partial charge in [-0.1, -0.05) is 6.08 Å². The van der Waals surface area contributed by atoms with Crippen molar-refractivity contribution in [3.05, 3.63) is 30.0 Å². The van der Waals surface area contributed by atoms with Crippen molar-refractivity contribution in [2.75, 3.05) is 5.32 Å². The molecule has 78 valence electrons. The summed E-state index contributed by atoms with van der Waals surface area (Å²) in [5.74, 6) is -1.05. The van der Waals surface area contributed by atoms with E-state index in [1.54, 1.807) is 12.1 Å². The van der Waals surface area contributed by atoms with Gasteiger partial charge in [-0.25, -0.2) is 4.98 Å². The van der Waals surface area contributed by atoms with Crippen LogP contribution in [0.25, 0.3) is 6.08 Å². The smallest absolute Gasteiger partial charge is 0.222 e. The molecule has 0 aromatic carbocycles. The van der Waals surface area contributed by atoms with Crippen molar-refractivity contribution >= 4 is 23.8 Å². The molecule has 0 bridgehead atoms. The summed E-state index contributed by atoms with van der Waals surface area (Å²) in [7, 11) is 0. The Morgan fingerprint density at radius 1 is 1.47 bits per heavy atom. The topological polar surface area (TPSA) is 82.1 Å². The van der Waals surface area contributed by atoms with E-state index in [9.17, 15) is 14.7 Å². The summed E-state index contributed by atoms with van der Waals surface area (Å²) in [5, 5.41) is 12.6. The number of carbonyl (C=O) groups excluding carboxylic acids is 2. The molecule has 15 heavy (non-hydrogen) atoms. The highest BCUT2D eigenvalue weighted by molar-refractivity contribution is 5.87. The summed E-state index contributed by atoms with van der Waals surface area (Å²) in [6, 6.07) is 3.22. The molecule has 0 aliphatic heterocycles. The number of anilines is 1. The van der Waals surface area contributed by atoms with E-state index < -0.39 is 5.97 Å². The Balaban J connectivity index is 2.72. The molecule has 5 nitrogen and oxygen atoms in total. The van der Waals surface area contributed by atoms with Crippen molar-refractivity contribution in [3.8, 4) is 0 Å². The minimum absolute atomic E-state index is 0.208. The summed E-state index contributed by atoms with van der Waals surface area (Å²) in [4.78, 5) is 24.7. The first-order chi connectivity index (χ1) is 7.08. The molecule has 1 heterocycles. The maximum Gasteiger partial charge on any atom is 0.222 e. The molecule has 1 amide bonds. The van der Waals surface area contributed by atoms with Crippen molar-refractivity contribution in [1.82, 2.24) is 4.98 Å². The molecule has 0 saturated heterocycles. The van der Waals surface area contributed by atoms with Gasteiger partial charge < -0.3 is 15.2 Å². The van der Waals surface area contributed by atoms with E-state index in [1.807, 2.05) is 0 Å². The summed E-state index contributed by atoms with van der Waals surface area (Å²) >= 11 is 0. The van der Waals surface area contributed by atoms with Crippen LogP contribution >= 0.6 is 0 Å². The highest BCUT2D eigenvalue weighted by Crippen LogP contribution is 2.06. The van der Waals surface area contributed by atoms with Crippen LogP contribution in [0.3, 0.4) is 0 Å².